The predicted molar refractivity (Wildman–Crippen MR) is 89.3 cm³/mol. The summed E-state index contributed by atoms with van der Waals surface area (Å²) in [5, 5.41) is 3.21. The summed E-state index contributed by atoms with van der Waals surface area (Å²) in [6.07, 6.45) is 3.25. The maximum Gasteiger partial charge on any atom is 0.137 e. The minimum Gasteiger partial charge on any atom is -0.373 e. The SMILES string of the molecule is CCCc1nc(NC)c(C)c(N2CCN(CCC)CC2)n1. The predicted octanol–water partition coefficient (Wildman–Crippen LogP) is 2.31. The number of hydrogen-bond acceptors (Lipinski definition) is 5. The lowest BCUT2D eigenvalue weighted by Crippen LogP contribution is -2.47. The van der Waals surface area contributed by atoms with E-state index in [4.69, 9.17) is 4.98 Å². The molecule has 0 spiro atoms. The topological polar surface area (TPSA) is 44.3 Å². The van der Waals surface area contributed by atoms with E-state index in [-0.39, 0.29) is 0 Å². The maximum absolute atomic E-state index is 4.82. The van der Waals surface area contributed by atoms with Crippen molar-refractivity contribution in [2.24, 2.45) is 0 Å². The van der Waals surface area contributed by atoms with Gasteiger partial charge in [0, 0.05) is 45.2 Å². The van der Waals surface area contributed by atoms with Gasteiger partial charge in [-0.2, -0.15) is 0 Å². The van der Waals surface area contributed by atoms with Gasteiger partial charge in [0.25, 0.3) is 0 Å². The Labute approximate surface area is 128 Å². The number of rotatable bonds is 6. The van der Waals surface area contributed by atoms with Crippen molar-refractivity contribution in [1.82, 2.24) is 14.9 Å². The largest absolute Gasteiger partial charge is 0.373 e. The third-order valence-corrected chi connectivity index (χ3v) is 4.09. The maximum atomic E-state index is 4.82. The third kappa shape index (κ3) is 3.84. The van der Waals surface area contributed by atoms with Crippen molar-refractivity contribution in [1.29, 1.82) is 0 Å². The van der Waals surface area contributed by atoms with E-state index in [1.807, 2.05) is 7.05 Å². The Balaban J connectivity index is 2.17. The lowest BCUT2D eigenvalue weighted by molar-refractivity contribution is 0.258. The average molecular weight is 291 g/mol. The van der Waals surface area contributed by atoms with Crippen LogP contribution in [0.25, 0.3) is 0 Å². The molecule has 5 heteroatoms. The van der Waals surface area contributed by atoms with Crippen molar-refractivity contribution in [3.05, 3.63) is 11.4 Å². The van der Waals surface area contributed by atoms with Gasteiger partial charge in [0.2, 0.25) is 0 Å². The molecule has 2 rings (SSSR count). The van der Waals surface area contributed by atoms with E-state index >= 15 is 0 Å². The summed E-state index contributed by atoms with van der Waals surface area (Å²) < 4.78 is 0. The van der Waals surface area contributed by atoms with E-state index in [1.165, 1.54) is 18.5 Å². The summed E-state index contributed by atoms with van der Waals surface area (Å²) in [5.74, 6) is 3.05. The van der Waals surface area contributed by atoms with Crippen LogP contribution in [0.1, 0.15) is 38.1 Å². The van der Waals surface area contributed by atoms with Crippen LogP contribution in [0.5, 0.6) is 0 Å². The Morgan fingerprint density at radius 2 is 1.76 bits per heavy atom. The van der Waals surface area contributed by atoms with Crippen LogP contribution in [-0.2, 0) is 6.42 Å². The molecular weight excluding hydrogens is 262 g/mol. The molecule has 1 aromatic heterocycles. The monoisotopic (exact) mass is 291 g/mol. The molecule has 1 saturated heterocycles. The molecule has 1 fully saturated rings. The second-order valence-corrected chi connectivity index (χ2v) is 5.77. The second kappa shape index (κ2) is 7.59. The highest BCUT2D eigenvalue weighted by atomic mass is 15.3. The van der Waals surface area contributed by atoms with Crippen molar-refractivity contribution >= 4 is 11.6 Å². The van der Waals surface area contributed by atoms with E-state index in [0.29, 0.717) is 0 Å². The zero-order chi connectivity index (χ0) is 15.2. The molecule has 1 aliphatic rings. The van der Waals surface area contributed by atoms with Crippen molar-refractivity contribution in [3.8, 4) is 0 Å². The highest BCUT2D eigenvalue weighted by Gasteiger charge is 2.21. The number of piperazine rings is 1. The van der Waals surface area contributed by atoms with Gasteiger partial charge in [-0.1, -0.05) is 13.8 Å². The zero-order valence-corrected chi connectivity index (χ0v) is 13.9. The first-order valence-corrected chi connectivity index (χ1v) is 8.22. The van der Waals surface area contributed by atoms with Gasteiger partial charge in [-0.3, -0.25) is 4.90 Å². The Bertz CT molecular complexity index is 452. The smallest absolute Gasteiger partial charge is 0.137 e. The summed E-state index contributed by atoms with van der Waals surface area (Å²) in [7, 11) is 1.94. The fraction of sp³-hybridized carbons (Fsp3) is 0.750. The van der Waals surface area contributed by atoms with Gasteiger partial charge < -0.3 is 10.2 Å². The summed E-state index contributed by atoms with van der Waals surface area (Å²) in [5.41, 5.74) is 1.17. The minimum absolute atomic E-state index is 0.942. The number of anilines is 2. The van der Waals surface area contributed by atoms with Crippen molar-refractivity contribution in [3.63, 3.8) is 0 Å². The van der Waals surface area contributed by atoms with Gasteiger partial charge in [-0.15, -0.1) is 0 Å². The molecule has 0 amide bonds. The van der Waals surface area contributed by atoms with Gasteiger partial charge in [-0.05, 0) is 26.3 Å². The van der Waals surface area contributed by atoms with Crippen LogP contribution < -0.4 is 10.2 Å². The van der Waals surface area contributed by atoms with Crippen molar-refractivity contribution in [2.75, 3.05) is 50.0 Å². The normalized spacial score (nSPS) is 16.3. The molecular formula is C16H29N5. The standard InChI is InChI=1S/C16H29N5/c1-5-7-14-18-15(17-4)13(3)16(19-14)21-11-9-20(8-6-2)10-12-21/h5-12H2,1-4H3,(H,17,18,19). The molecule has 1 aliphatic heterocycles. The van der Waals surface area contributed by atoms with Crippen LogP contribution in [-0.4, -0.2) is 54.6 Å². The fourth-order valence-electron chi connectivity index (χ4n) is 2.94. The Hall–Kier alpha value is -1.36. The summed E-state index contributed by atoms with van der Waals surface area (Å²) in [6, 6.07) is 0. The molecule has 0 aliphatic carbocycles. The Morgan fingerprint density at radius 3 is 2.33 bits per heavy atom. The van der Waals surface area contributed by atoms with Crippen LogP contribution >= 0.6 is 0 Å². The molecule has 0 aromatic carbocycles. The van der Waals surface area contributed by atoms with Crippen molar-refractivity contribution in [2.45, 2.75) is 40.0 Å². The quantitative estimate of drug-likeness (QED) is 0.871. The van der Waals surface area contributed by atoms with E-state index in [9.17, 15) is 0 Å². The lowest BCUT2D eigenvalue weighted by atomic mass is 10.2. The number of nitrogens with zero attached hydrogens (tertiary/aromatic N) is 4. The highest BCUT2D eigenvalue weighted by molar-refractivity contribution is 5.58. The third-order valence-electron chi connectivity index (χ3n) is 4.09. The summed E-state index contributed by atoms with van der Waals surface area (Å²) in [4.78, 5) is 14.4. The van der Waals surface area contributed by atoms with E-state index in [1.54, 1.807) is 0 Å². The van der Waals surface area contributed by atoms with Gasteiger partial charge in [0.1, 0.15) is 17.5 Å². The molecule has 0 bridgehead atoms. The molecule has 1 N–H and O–H groups in total. The molecule has 2 heterocycles. The number of nitrogens with one attached hydrogen (secondary N) is 1. The summed E-state index contributed by atoms with van der Waals surface area (Å²) >= 11 is 0. The van der Waals surface area contributed by atoms with Crippen LogP contribution in [0, 0.1) is 6.92 Å². The number of aryl methyl sites for hydroxylation is 1. The van der Waals surface area contributed by atoms with Crippen LogP contribution in [0.3, 0.4) is 0 Å². The Kier molecular flexibility index (Phi) is 5.79. The molecule has 0 atom stereocenters. The van der Waals surface area contributed by atoms with Gasteiger partial charge in [0.05, 0.1) is 0 Å². The molecule has 0 saturated carbocycles. The fourth-order valence-corrected chi connectivity index (χ4v) is 2.94. The van der Waals surface area contributed by atoms with Gasteiger partial charge >= 0.3 is 0 Å². The molecule has 118 valence electrons. The van der Waals surface area contributed by atoms with Crippen LogP contribution in [0.4, 0.5) is 11.6 Å². The lowest BCUT2D eigenvalue weighted by Gasteiger charge is -2.36. The van der Waals surface area contributed by atoms with E-state index in [2.05, 4.69) is 40.9 Å². The molecule has 5 nitrogen and oxygen atoms in total. The summed E-state index contributed by atoms with van der Waals surface area (Å²) in [6.45, 7) is 12.1. The minimum atomic E-state index is 0.942. The molecule has 0 unspecified atom stereocenters. The second-order valence-electron chi connectivity index (χ2n) is 5.77. The van der Waals surface area contributed by atoms with E-state index in [0.717, 1.165) is 56.5 Å². The first-order valence-electron chi connectivity index (χ1n) is 8.22. The Morgan fingerprint density at radius 1 is 1.05 bits per heavy atom. The average Bonchev–Trinajstić information content (AvgIpc) is 2.50. The van der Waals surface area contributed by atoms with Gasteiger partial charge in [-0.25, -0.2) is 9.97 Å². The van der Waals surface area contributed by atoms with Crippen molar-refractivity contribution < 1.29 is 0 Å². The zero-order valence-electron chi connectivity index (χ0n) is 13.9. The molecule has 0 radical (unpaired) electrons. The molecule has 21 heavy (non-hydrogen) atoms. The first-order chi connectivity index (χ1) is 10.2. The highest BCUT2D eigenvalue weighted by Crippen LogP contribution is 2.24. The molecule has 1 aromatic rings. The van der Waals surface area contributed by atoms with E-state index < -0.39 is 0 Å². The number of hydrogen-bond donors (Lipinski definition) is 1. The van der Waals surface area contributed by atoms with Crippen LogP contribution in [0.2, 0.25) is 0 Å². The van der Waals surface area contributed by atoms with Crippen LogP contribution in [0.15, 0.2) is 0 Å². The first kappa shape index (κ1) is 16.0. The van der Waals surface area contributed by atoms with Gasteiger partial charge in [0.15, 0.2) is 0 Å². The number of aromatic nitrogens is 2.